The Morgan fingerprint density at radius 2 is 0.900 bits per heavy atom. The molecule has 3 aromatic rings. The molecule has 0 heterocycles. The molecule has 98 valence electrons. The fourth-order valence-corrected chi connectivity index (χ4v) is 6.82. The standard InChI is InChI=1S/C18H14ISe/c19-15-11-13-18(14-12-15)20(16-7-3-1-4-8-16)17-9-5-2-6-10-17/h1-14H/q+1. The molecule has 3 rings (SSSR count). The minimum atomic E-state index is -1.17. The van der Waals surface area contributed by atoms with Gasteiger partial charge in [-0.3, -0.25) is 0 Å². The molecule has 0 aliphatic heterocycles. The Kier molecular flexibility index (Phi) is 4.56. The predicted molar refractivity (Wildman–Crippen MR) is 96.7 cm³/mol. The molecule has 0 aliphatic rings. The quantitative estimate of drug-likeness (QED) is 0.438. The van der Waals surface area contributed by atoms with Crippen molar-refractivity contribution < 1.29 is 0 Å². The van der Waals surface area contributed by atoms with Gasteiger partial charge in [-0.05, 0) is 0 Å². The Morgan fingerprint density at radius 3 is 1.35 bits per heavy atom. The first-order valence-corrected chi connectivity index (χ1v) is 10.1. The van der Waals surface area contributed by atoms with E-state index in [2.05, 4.69) is 108 Å². The second-order valence-electron chi connectivity index (χ2n) is 4.39. The van der Waals surface area contributed by atoms with Gasteiger partial charge < -0.3 is 0 Å². The third kappa shape index (κ3) is 3.14. The first-order chi connectivity index (χ1) is 9.84. The third-order valence-corrected chi connectivity index (χ3v) is 8.41. The van der Waals surface area contributed by atoms with Crippen LogP contribution in [0.2, 0.25) is 0 Å². The van der Waals surface area contributed by atoms with Crippen LogP contribution >= 0.6 is 22.6 Å². The van der Waals surface area contributed by atoms with Crippen LogP contribution in [0.15, 0.2) is 84.9 Å². The van der Waals surface area contributed by atoms with Crippen LogP contribution in [-0.4, -0.2) is 13.9 Å². The van der Waals surface area contributed by atoms with Crippen molar-refractivity contribution in [1.82, 2.24) is 0 Å². The molecule has 0 aliphatic carbocycles. The Balaban J connectivity index is 2.11. The maximum atomic E-state index is 2.36. The van der Waals surface area contributed by atoms with Crippen LogP contribution in [0.4, 0.5) is 0 Å². The molecular formula is C18H14ISe+. The van der Waals surface area contributed by atoms with Crippen molar-refractivity contribution in [3.05, 3.63) is 88.5 Å². The third-order valence-electron chi connectivity index (χ3n) is 3.01. The van der Waals surface area contributed by atoms with Gasteiger partial charge in [0.2, 0.25) is 0 Å². The van der Waals surface area contributed by atoms with Gasteiger partial charge in [0.25, 0.3) is 0 Å². The number of rotatable bonds is 3. The van der Waals surface area contributed by atoms with E-state index in [1.165, 1.54) is 17.0 Å². The first-order valence-electron chi connectivity index (χ1n) is 6.44. The summed E-state index contributed by atoms with van der Waals surface area (Å²) in [5.74, 6) is 0. The van der Waals surface area contributed by atoms with Crippen LogP contribution in [0.25, 0.3) is 0 Å². The molecule has 0 atom stereocenters. The Hall–Kier alpha value is -1.09. The predicted octanol–water partition coefficient (Wildman–Crippen LogP) is 2.81. The second kappa shape index (κ2) is 6.57. The molecule has 0 N–H and O–H groups in total. The van der Waals surface area contributed by atoms with Crippen molar-refractivity contribution in [3.8, 4) is 0 Å². The summed E-state index contributed by atoms with van der Waals surface area (Å²) in [7, 11) is 0. The Bertz CT molecular complexity index is 623. The molecular weight excluding hydrogens is 422 g/mol. The van der Waals surface area contributed by atoms with E-state index in [1.54, 1.807) is 0 Å². The SMILES string of the molecule is Ic1ccc([Se+](c2ccccc2)c2ccccc2)cc1. The molecule has 0 spiro atoms. The summed E-state index contributed by atoms with van der Waals surface area (Å²) >= 11 is 1.19. The normalized spacial score (nSPS) is 10.7. The molecule has 0 bridgehead atoms. The summed E-state index contributed by atoms with van der Waals surface area (Å²) in [6, 6.07) is 30.8. The van der Waals surface area contributed by atoms with Gasteiger partial charge in [0.15, 0.2) is 0 Å². The van der Waals surface area contributed by atoms with Gasteiger partial charge in [-0.25, -0.2) is 0 Å². The van der Waals surface area contributed by atoms with Crippen LogP contribution < -0.4 is 13.4 Å². The molecule has 0 saturated heterocycles. The van der Waals surface area contributed by atoms with Crippen molar-refractivity contribution in [2.45, 2.75) is 0 Å². The number of halogens is 1. The van der Waals surface area contributed by atoms with Gasteiger partial charge in [0.05, 0.1) is 0 Å². The van der Waals surface area contributed by atoms with Gasteiger partial charge >= 0.3 is 138 Å². The van der Waals surface area contributed by atoms with Crippen LogP contribution in [-0.2, 0) is 0 Å². The van der Waals surface area contributed by atoms with Crippen molar-refractivity contribution in [2.24, 2.45) is 0 Å². The fourth-order valence-electron chi connectivity index (χ4n) is 2.09. The van der Waals surface area contributed by atoms with E-state index < -0.39 is 13.9 Å². The van der Waals surface area contributed by atoms with E-state index in [0.717, 1.165) is 0 Å². The van der Waals surface area contributed by atoms with E-state index in [9.17, 15) is 0 Å². The molecule has 3 aromatic carbocycles. The zero-order valence-electron chi connectivity index (χ0n) is 10.9. The fraction of sp³-hybridized carbons (Fsp3) is 0. The van der Waals surface area contributed by atoms with Crippen molar-refractivity contribution >= 4 is 49.9 Å². The van der Waals surface area contributed by atoms with E-state index in [4.69, 9.17) is 0 Å². The van der Waals surface area contributed by atoms with Crippen LogP contribution in [0.5, 0.6) is 0 Å². The molecule has 0 fully saturated rings. The summed E-state index contributed by atoms with van der Waals surface area (Å²) in [6.07, 6.45) is 0. The number of benzene rings is 3. The van der Waals surface area contributed by atoms with Crippen molar-refractivity contribution in [3.63, 3.8) is 0 Å². The van der Waals surface area contributed by atoms with E-state index >= 15 is 0 Å². The molecule has 0 saturated carbocycles. The van der Waals surface area contributed by atoms with Crippen LogP contribution in [0.1, 0.15) is 0 Å². The van der Waals surface area contributed by atoms with E-state index in [1.807, 2.05) is 0 Å². The average molecular weight is 436 g/mol. The maximum absolute atomic E-state index is 2.36. The zero-order valence-corrected chi connectivity index (χ0v) is 14.7. The molecule has 0 aromatic heterocycles. The molecule has 2 heteroatoms. The van der Waals surface area contributed by atoms with Crippen LogP contribution in [0.3, 0.4) is 0 Å². The van der Waals surface area contributed by atoms with Gasteiger partial charge in [-0.1, -0.05) is 0 Å². The van der Waals surface area contributed by atoms with Crippen molar-refractivity contribution in [2.75, 3.05) is 0 Å². The molecule has 0 radical (unpaired) electrons. The monoisotopic (exact) mass is 437 g/mol. The average Bonchev–Trinajstić information content (AvgIpc) is 2.52. The van der Waals surface area contributed by atoms with Crippen LogP contribution in [0, 0.1) is 3.57 Å². The summed E-state index contributed by atoms with van der Waals surface area (Å²) in [6.45, 7) is 0. The number of hydrogen-bond donors (Lipinski definition) is 0. The van der Waals surface area contributed by atoms with E-state index in [0.29, 0.717) is 0 Å². The van der Waals surface area contributed by atoms with E-state index in [-0.39, 0.29) is 0 Å². The van der Waals surface area contributed by atoms with Gasteiger partial charge in [-0.15, -0.1) is 0 Å². The minimum absolute atomic E-state index is 1.17. The van der Waals surface area contributed by atoms with Gasteiger partial charge in [0, 0.05) is 0 Å². The summed E-state index contributed by atoms with van der Waals surface area (Å²) in [5, 5.41) is 0. The summed E-state index contributed by atoms with van der Waals surface area (Å²) in [4.78, 5) is 0. The molecule has 0 unspecified atom stereocenters. The Labute approximate surface area is 137 Å². The topological polar surface area (TPSA) is 0 Å². The van der Waals surface area contributed by atoms with Gasteiger partial charge in [0.1, 0.15) is 0 Å². The zero-order chi connectivity index (χ0) is 13.8. The molecule has 0 amide bonds. The van der Waals surface area contributed by atoms with Gasteiger partial charge in [-0.2, -0.15) is 0 Å². The summed E-state index contributed by atoms with van der Waals surface area (Å²) < 4.78 is 5.67. The molecule has 0 nitrogen and oxygen atoms in total. The Morgan fingerprint density at radius 1 is 0.500 bits per heavy atom. The second-order valence-corrected chi connectivity index (χ2v) is 9.88. The number of hydrogen-bond acceptors (Lipinski definition) is 0. The summed E-state index contributed by atoms with van der Waals surface area (Å²) in [5.41, 5.74) is 0. The first kappa shape index (κ1) is 13.9. The van der Waals surface area contributed by atoms with Crippen molar-refractivity contribution in [1.29, 1.82) is 0 Å². The molecule has 20 heavy (non-hydrogen) atoms.